The van der Waals surface area contributed by atoms with Crippen molar-refractivity contribution >= 4 is 29.1 Å². The van der Waals surface area contributed by atoms with Crippen molar-refractivity contribution in [2.75, 3.05) is 6.54 Å². The lowest BCUT2D eigenvalue weighted by molar-refractivity contribution is -0.122. The van der Waals surface area contributed by atoms with Gasteiger partial charge in [0.2, 0.25) is 5.91 Å². The summed E-state index contributed by atoms with van der Waals surface area (Å²) in [5, 5.41) is 12.0. The topological polar surface area (TPSA) is 52.9 Å². The number of nitrogens with zero attached hydrogens (tertiary/aromatic N) is 1. The fourth-order valence-electron chi connectivity index (χ4n) is 1.85. The number of carbonyl (C=O) groups is 1. The highest BCUT2D eigenvalue weighted by molar-refractivity contribution is 6.42. The Labute approximate surface area is 109 Å². The molecule has 0 saturated heterocycles. The summed E-state index contributed by atoms with van der Waals surface area (Å²) in [5.74, 6) is 0.0895. The van der Waals surface area contributed by atoms with Crippen molar-refractivity contribution in [2.45, 2.75) is 12.3 Å². The van der Waals surface area contributed by atoms with Crippen molar-refractivity contribution in [1.82, 2.24) is 5.32 Å². The molecule has 0 aromatic heterocycles. The van der Waals surface area contributed by atoms with Gasteiger partial charge in [0, 0.05) is 5.92 Å². The van der Waals surface area contributed by atoms with Crippen LogP contribution in [0.25, 0.3) is 0 Å². The van der Waals surface area contributed by atoms with Gasteiger partial charge >= 0.3 is 0 Å². The molecule has 2 rings (SSSR count). The lowest BCUT2D eigenvalue weighted by atomic mass is 10.1. The van der Waals surface area contributed by atoms with Crippen LogP contribution in [-0.2, 0) is 4.79 Å². The molecule has 1 saturated carbocycles. The number of nitrogens with one attached hydrogen (secondary N) is 1. The van der Waals surface area contributed by atoms with Gasteiger partial charge in [-0.3, -0.25) is 4.79 Å². The summed E-state index contributed by atoms with van der Waals surface area (Å²) in [6, 6.07) is 7.30. The van der Waals surface area contributed by atoms with E-state index < -0.39 is 0 Å². The predicted molar refractivity (Wildman–Crippen MR) is 65.9 cm³/mol. The number of halogens is 2. The first kappa shape index (κ1) is 12.2. The Morgan fingerprint density at radius 2 is 2.24 bits per heavy atom. The Hall–Kier alpha value is -1.24. The van der Waals surface area contributed by atoms with Crippen LogP contribution in [0.2, 0.25) is 10.0 Å². The van der Waals surface area contributed by atoms with Gasteiger partial charge in [0.15, 0.2) is 0 Å². The van der Waals surface area contributed by atoms with Gasteiger partial charge in [-0.2, -0.15) is 5.26 Å². The summed E-state index contributed by atoms with van der Waals surface area (Å²) in [7, 11) is 0. The fourth-order valence-corrected chi connectivity index (χ4v) is 2.16. The molecule has 2 atom stereocenters. The molecule has 3 nitrogen and oxygen atoms in total. The summed E-state index contributed by atoms with van der Waals surface area (Å²) in [6.07, 6.45) is 0.801. The van der Waals surface area contributed by atoms with Crippen molar-refractivity contribution in [3.8, 4) is 6.07 Å². The molecule has 17 heavy (non-hydrogen) atoms. The third kappa shape index (κ3) is 2.71. The average molecular weight is 269 g/mol. The van der Waals surface area contributed by atoms with Crippen LogP contribution in [-0.4, -0.2) is 12.5 Å². The number of rotatable bonds is 3. The number of benzene rings is 1. The van der Waals surface area contributed by atoms with Gasteiger partial charge in [-0.25, -0.2) is 0 Å². The SMILES string of the molecule is N#CCNC(=O)[C@H]1C[C@@H]1c1ccc(Cl)c(Cl)c1. The molecule has 0 radical (unpaired) electrons. The summed E-state index contributed by atoms with van der Waals surface area (Å²) < 4.78 is 0. The molecule has 1 aliphatic carbocycles. The highest BCUT2D eigenvalue weighted by Gasteiger charge is 2.43. The normalized spacial score (nSPS) is 21.7. The molecule has 0 bridgehead atoms. The molecular weight excluding hydrogens is 259 g/mol. The molecular formula is C12H10Cl2N2O. The molecule has 1 aliphatic rings. The number of amides is 1. The maximum absolute atomic E-state index is 11.6. The molecule has 1 N–H and O–H groups in total. The molecule has 5 heteroatoms. The van der Waals surface area contributed by atoms with Crippen molar-refractivity contribution in [3.63, 3.8) is 0 Å². The Kier molecular flexibility index (Phi) is 3.56. The zero-order valence-electron chi connectivity index (χ0n) is 8.91. The molecule has 0 unspecified atom stereocenters. The van der Waals surface area contributed by atoms with E-state index in [0.717, 1.165) is 12.0 Å². The standard InChI is InChI=1S/C12H10Cl2N2O/c13-10-2-1-7(5-11(10)14)8-6-9(8)12(17)16-4-3-15/h1-2,5,8-9H,4,6H2,(H,16,17)/t8-,9+/m1/s1. The van der Waals surface area contributed by atoms with Gasteiger partial charge < -0.3 is 5.32 Å². The second-order valence-electron chi connectivity index (χ2n) is 4.00. The van der Waals surface area contributed by atoms with Crippen LogP contribution in [0.5, 0.6) is 0 Å². The van der Waals surface area contributed by atoms with E-state index in [9.17, 15) is 4.79 Å². The van der Waals surface area contributed by atoms with Crippen molar-refractivity contribution < 1.29 is 4.79 Å². The molecule has 1 aromatic carbocycles. The molecule has 1 aromatic rings. The third-order valence-electron chi connectivity index (χ3n) is 2.84. The minimum atomic E-state index is -0.0670. The zero-order valence-corrected chi connectivity index (χ0v) is 10.4. The molecule has 1 fully saturated rings. The van der Waals surface area contributed by atoms with Gasteiger partial charge in [0.05, 0.1) is 16.1 Å². The first-order chi connectivity index (χ1) is 8.13. The maximum Gasteiger partial charge on any atom is 0.224 e. The molecule has 0 spiro atoms. The van der Waals surface area contributed by atoms with Gasteiger partial charge in [0.25, 0.3) is 0 Å². The van der Waals surface area contributed by atoms with Gasteiger partial charge in [0.1, 0.15) is 6.54 Å². The van der Waals surface area contributed by atoms with Crippen LogP contribution < -0.4 is 5.32 Å². The van der Waals surface area contributed by atoms with E-state index in [2.05, 4.69) is 5.32 Å². The zero-order chi connectivity index (χ0) is 12.4. The lowest BCUT2D eigenvalue weighted by Gasteiger charge is -2.03. The Bertz CT molecular complexity index is 496. The molecule has 0 aliphatic heterocycles. The largest absolute Gasteiger partial charge is 0.343 e. The number of nitriles is 1. The van der Waals surface area contributed by atoms with Crippen LogP contribution in [0.1, 0.15) is 17.9 Å². The van der Waals surface area contributed by atoms with Crippen molar-refractivity contribution in [1.29, 1.82) is 5.26 Å². The fraction of sp³-hybridized carbons (Fsp3) is 0.333. The van der Waals surface area contributed by atoms with E-state index in [1.165, 1.54) is 0 Å². The highest BCUT2D eigenvalue weighted by atomic mass is 35.5. The maximum atomic E-state index is 11.6. The van der Waals surface area contributed by atoms with E-state index in [1.807, 2.05) is 12.1 Å². The first-order valence-corrected chi connectivity index (χ1v) is 5.98. The van der Waals surface area contributed by atoms with Gasteiger partial charge in [-0.05, 0) is 30.0 Å². The molecule has 1 amide bonds. The minimum Gasteiger partial charge on any atom is -0.343 e. The second kappa shape index (κ2) is 4.95. The van der Waals surface area contributed by atoms with E-state index >= 15 is 0 Å². The Morgan fingerprint density at radius 3 is 2.88 bits per heavy atom. The van der Waals surface area contributed by atoms with Gasteiger partial charge in [-0.1, -0.05) is 29.3 Å². The summed E-state index contributed by atoms with van der Waals surface area (Å²) >= 11 is 11.7. The third-order valence-corrected chi connectivity index (χ3v) is 3.58. The van der Waals surface area contributed by atoms with Crippen LogP contribution >= 0.6 is 23.2 Å². The Morgan fingerprint density at radius 1 is 1.47 bits per heavy atom. The monoisotopic (exact) mass is 268 g/mol. The summed E-state index contributed by atoms with van der Waals surface area (Å²) in [4.78, 5) is 11.6. The minimum absolute atomic E-state index is 0.0411. The summed E-state index contributed by atoms with van der Waals surface area (Å²) in [5.41, 5.74) is 1.02. The van der Waals surface area contributed by atoms with E-state index in [1.54, 1.807) is 12.1 Å². The van der Waals surface area contributed by atoms with Crippen molar-refractivity contribution in [2.24, 2.45) is 5.92 Å². The van der Waals surface area contributed by atoms with Crippen LogP contribution in [0.15, 0.2) is 18.2 Å². The lowest BCUT2D eigenvalue weighted by Crippen LogP contribution is -2.25. The summed E-state index contributed by atoms with van der Waals surface area (Å²) in [6.45, 7) is 0.0590. The molecule has 88 valence electrons. The van der Waals surface area contributed by atoms with E-state index in [0.29, 0.717) is 10.0 Å². The van der Waals surface area contributed by atoms with Crippen LogP contribution in [0.4, 0.5) is 0 Å². The quantitative estimate of drug-likeness (QED) is 0.858. The smallest absolute Gasteiger partial charge is 0.224 e. The van der Waals surface area contributed by atoms with Gasteiger partial charge in [-0.15, -0.1) is 0 Å². The number of carbonyl (C=O) groups excluding carboxylic acids is 1. The van der Waals surface area contributed by atoms with Crippen LogP contribution in [0.3, 0.4) is 0 Å². The molecule has 0 heterocycles. The Balaban J connectivity index is 2.00. The first-order valence-electron chi connectivity index (χ1n) is 5.23. The van der Waals surface area contributed by atoms with Crippen LogP contribution in [0, 0.1) is 17.2 Å². The number of hydrogen-bond donors (Lipinski definition) is 1. The van der Waals surface area contributed by atoms with E-state index in [-0.39, 0.29) is 24.3 Å². The highest BCUT2D eigenvalue weighted by Crippen LogP contribution is 2.48. The second-order valence-corrected chi connectivity index (χ2v) is 4.81. The van der Waals surface area contributed by atoms with E-state index in [4.69, 9.17) is 28.5 Å². The number of hydrogen-bond acceptors (Lipinski definition) is 2. The predicted octanol–water partition coefficient (Wildman–Crippen LogP) is 2.74. The average Bonchev–Trinajstić information content (AvgIpc) is 3.09. The van der Waals surface area contributed by atoms with Crippen molar-refractivity contribution in [3.05, 3.63) is 33.8 Å².